The van der Waals surface area contributed by atoms with Gasteiger partial charge in [0.05, 0.1) is 13.1 Å². The molecule has 0 atom stereocenters. The molecule has 0 fully saturated rings. The predicted octanol–water partition coefficient (Wildman–Crippen LogP) is 2.12. The van der Waals surface area contributed by atoms with Gasteiger partial charge >= 0.3 is 0 Å². The summed E-state index contributed by atoms with van der Waals surface area (Å²) in [5.41, 5.74) is 0.529. The van der Waals surface area contributed by atoms with E-state index in [9.17, 15) is 0 Å². The highest BCUT2D eigenvalue weighted by Crippen LogP contribution is 2.31. The third kappa shape index (κ3) is 1.96. The van der Waals surface area contributed by atoms with Gasteiger partial charge in [0.15, 0.2) is 18.2 Å². The fraction of sp³-hybridized carbons (Fsp3) is 0.111. The van der Waals surface area contributed by atoms with Crippen LogP contribution < -0.4 is 4.74 Å². The minimum atomic E-state index is -0.436. The summed E-state index contributed by atoms with van der Waals surface area (Å²) < 4.78 is 4.76. The summed E-state index contributed by atoms with van der Waals surface area (Å²) >= 11 is 0. The van der Waals surface area contributed by atoms with Gasteiger partial charge < -0.3 is 9.84 Å². The zero-order chi connectivity index (χ0) is 9.68. The van der Waals surface area contributed by atoms with E-state index in [0.717, 1.165) is 0 Å². The Morgan fingerprint density at radius 1 is 1.23 bits per heavy atom. The third-order valence-corrected chi connectivity index (χ3v) is 1.42. The Bertz CT molecular complexity index is 388. The SMILES string of the molecule is [C-]#[N+]c1ccc(OCO)cc1[N+]#[C-]. The van der Waals surface area contributed by atoms with E-state index in [-0.39, 0.29) is 5.69 Å². The van der Waals surface area contributed by atoms with Crippen molar-refractivity contribution < 1.29 is 9.84 Å². The molecule has 1 N–H and O–H groups in total. The molecule has 0 unspecified atom stereocenters. The van der Waals surface area contributed by atoms with E-state index in [1.54, 1.807) is 0 Å². The van der Waals surface area contributed by atoms with Crippen LogP contribution in [0.1, 0.15) is 0 Å². The zero-order valence-corrected chi connectivity index (χ0v) is 6.69. The molecule has 0 spiro atoms. The maximum Gasteiger partial charge on any atom is 0.198 e. The maximum absolute atomic E-state index is 8.45. The molecule has 0 bridgehead atoms. The molecule has 1 aromatic carbocycles. The Morgan fingerprint density at radius 2 is 1.92 bits per heavy atom. The van der Waals surface area contributed by atoms with Gasteiger partial charge in [-0.25, -0.2) is 4.85 Å². The van der Waals surface area contributed by atoms with Gasteiger partial charge in [0, 0.05) is 0 Å². The minimum Gasteiger partial charge on any atom is -0.469 e. The van der Waals surface area contributed by atoms with Crippen LogP contribution in [0, 0.1) is 13.1 Å². The van der Waals surface area contributed by atoms with Gasteiger partial charge in [-0.15, -0.1) is 0 Å². The molecule has 0 aliphatic carbocycles. The molecule has 0 saturated heterocycles. The highest BCUT2D eigenvalue weighted by atomic mass is 16.6. The van der Waals surface area contributed by atoms with Crippen molar-refractivity contribution in [3.05, 3.63) is 41.0 Å². The number of hydrogen-bond donors (Lipinski definition) is 1. The Hall–Kier alpha value is -2.04. The lowest BCUT2D eigenvalue weighted by Gasteiger charge is -2.02. The van der Waals surface area contributed by atoms with Crippen molar-refractivity contribution in [3.8, 4) is 5.75 Å². The topological polar surface area (TPSA) is 38.2 Å². The second-order valence-corrected chi connectivity index (χ2v) is 2.15. The third-order valence-electron chi connectivity index (χ3n) is 1.42. The number of benzene rings is 1. The van der Waals surface area contributed by atoms with E-state index in [4.69, 9.17) is 23.0 Å². The molecule has 1 aromatic rings. The van der Waals surface area contributed by atoms with Crippen LogP contribution in [0.15, 0.2) is 18.2 Å². The summed E-state index contributed by atoms with van der Waals surface area (Å²) in [7, 11) is 0. The van der Waals surface area contributed by atoms with E-state index >= 15 is 0 Å². The largest absolute Gasteiger partial charge is 0.469 e. The number of aliphatic hydroxyl groups is 1. The predicted molar refractivity (Wildman–Crippen MR) is 46.7 cm³/mol. The molecule has 0 amide bonds. The monoisotopic (exact) mass is 174 g/mol. The lowest BCUT2D eigenvalue weighted by Crippen LogP contribution is -1.93. The molecule has 0 saturated carbocycles. The first-order valence-electron chi connectivity index (χ1n) is 3.44. The van der Waals surface area contributed by atoms with E-state index in [0.29, 0.717) is 11.4 Å². The van der Waals surface area contributed by atoms with Crippen LogP contribution in [0.4, 0.5) is 11.4 Å². The fourth-order valence-corrected chi connectivity index (χ4v) is 0.852. The average Bonchev–Trinajstić information content (AvgIpc) is 2.18. The molecule has 0 radical (unpaired) electrons. The van der Waals surface area contributed by atoms with E-state index in [1.165, 1.54) is 18.2 Å². The number of hydrogen-bond acceptors (Lipinski definition) is 2. The van der Waals surface area contributed by atoms with Gasteiger partial charge in [0.1, 0.15) is 5.75 Å². The smallest absolute Gasteiger partial charge is 0.198 e. The standard InChI is InChI=1S/C9H6N2O2/c1-10-8-4-3-7(13-6-12)5-9(8)11-2/h3-5,12H,6H2. The van der Waals surface area contributed by atoms with Crippen molar-refractivity contribution >= 4 is 11.4 Å². The summed E-state index contributed by atoms with van der Waals surface area (Å²) in [5, 5.41) is 8.45. The number of aliphatic hydroxyl groups excluding tert-OH is 1. The van der Waals surface area contributed by atoms with Gasteiger partial charge in [-0.05, 0) is 12.1 Å². The van der Waals surface area contributed by atoms with Crippen LogP contribution in [-0.4, -0.2) is 11.9 Å². The van der Waals surface area contributed by atoms with Gasteiger partial charge in [-0.2, -0.15) is 0 Å². The van der Waals surface area contributed by atoms with Gasteiger partial charge in [-0.1, -0.05) is 6.07 Å². The molecule has 13 heavy (non-hydrogen) atoms. The van der Waals surface area contributed by atoms with E-state index < -0.39 is 6.79 Å². The normalized spacial score (nSPS) is 8.54. The van der Waals surface area contributed by atoms with Crippen LogP contribution in [0.2, 0.25) is 0 Å². The number of rotatable bonds is 2. The molecule has 64 valence electrons. The van der Waals surface area contributed by atoms with Crippen LogP contribution >= 0.6 is 0 Å². The molecule has 0 aliphatic heterocycles. The summed E-state index contributed by atoms with van der Waals surface area (Å²) in [4.78, 5) is 6.32. The number of nitrogens with zero attached hydrogens (tertiary/aromatic N) is 2. The number of ether oxygens (including phenoxy) is 1. The van der Waals surface area contributed by atoms with Crippen molar-refractivity contribution in [2.75, 3.05) is 6.79 Å². The van der Waals surface area contributed by atoms with Crippen molar-refractivity contribution in [2.45, 2.75) is 0 Å². The Kier molecular flexibility index (Phi) is 2.86. The second-order valence-electron chi connectivity index (χ2n) is 2.15. The zero-order valence-electron chi connectivity index (χ0n) is 6.69. The summed E-state index contributed by atoms with van der Waals surface area (Å²) in [6.07, 6.45) is 0. The van der Waals surface area contributed by atoms with E-state index in [1.807, 2.05) is 0 Å². The van der Waals surface area contributed by atoms with Crippen LogP contribution in [0.25, 0.3) is 9.69 Å². The Balaban J connectivity index is 3.09. The van der Waals surface area contributed by atoms with Crippen molar-refractivity contribution in [2.24, 2.45) is 0 Å². The van der Waals surface area contributed by atoms with Crippen LogP contribution in [0.5, 0.6) is 5.75 Å². The molecule has 0 heterocycles. The summed E-state index contributed by atoms with van der Waals surface area (Å²) in [5.74, 6) is 0.390. The van der Waals surface area contributed by atoms with Crippen molar-refractivity contribution in [1.29, 1.82) is 0 Å². The van der Waals surface area contributed by atoms with Gasteiger partial charge in [0.2, 0.25) is 0 Å². The highest BCUT2D eigenvalue weighted by molar-refractivity contribution is 5.72. The maximum atomic E-state index is 8.45. The van der Waals surface area contributed by atoms with Crippen molar-refractivity contribution in [1.82, 2.24) is 0 Å². The fourth-order valence-electron chi connectivity index (χ4n) is 0.852. The van der Waals surface area contributed by atoms with Gasteiger partial charge in [-0.3, -0.25) is 4.85 Å². The first kappa shape index (κ1) is 9.05. The molecule has 1 rings (SSSR count). The molecule has 4 nitrogen and oxygen atoms in total. The first-order chi connectivity index (χ1) is 6.31. The summed E-state index contributed by atoms with van der Waals surface area (Å²) in [6.45, 7) is 13.1. The average molecular weight is 174 g/mol. The minimum absolute atomic E-state index is 0.237. The molecular formula is C9H6N2O2. The first-order valence-corrected chi connectivity index (χ1v) is 3.44. The molecule has 0 aromatic heterocycles. The second kappa shape index (κ2) is 4.10. The Labute approximate surface area is 75.6 Å². The molecule has 0 aliphatic rings. The van der Waals surface area contributed by atoms with Crippen LogP contribution in [-0.2, 0) is 0 Å². The lowest BCUT2D eigenvalue weighted by molar-refractivity contribution is 0.0986. The quantitative estimate of drug-likeness (QED) is 0.550. The molecule has 4 heteroatoms. The lowest BCUT2D eigenvalue weighted by atomic mass is 10.2. The molecular weight excluding hydrogens is 168 g/mol. The highest BCUT2D eigenvalue weighted by Gasteiger charge is 2.03. The van der Waals surface area contributed by atoms with Crippen molar-refractivity contribution in [3.63, 3.8) is 0 Å². The Morgan fingerprint density at radius 3 is 2.46 bits per heavy atom. The van der Waals surface area contributed by atoms with Gasteiger partial charge in [0.25, 0.3) is 0 Å². The van der Waals surface area contributed by atoms with E-state index in [2.05, 4.69) is 9.69 Å². The summed E-state index contributed by atoms with van der Waals surface area (Å²) in [6, 6.07) is 4.46. The van der Waals surface area contributed by atoms with Crippen LogP contribution in [0.3, 0.4) is 0 Å².